The van der Waals surface area contributed by atoms with Crippen molar-refractivity contribution in [2.24, 2.45) is 5.92 Å². The maximum atomic E-state index is 12.1. The van der Waals surface area contributed by atoms with Gasteiger partial charge in [0, 0.05) is 23.0 Å². The van der Waals surface area contributed by atoms with Crippen LogP contribution < -0.4 is 5.32 Å². The fourth-order valence-electron chi connectivity index (χ4n) is 1.58. The van der Waals surface area contributed by atoms with Gasteiger partial charge >= 0.3 is 0 Å². The average Bonchev–Trinajstić information content (AvgIpc) is 2.25. The Morgan fingerprint density at radius 2 is 2.12 bits per heavy atom. The molecule has 0 saturated heterocycles. The van der Waals surface area contributed by atoms with Gasteiger partial charge in [0.05, 0.1) is 5.02 Å². The molecule has 1 aromatic carbocycles. The third-order valence-corrected chi connectivity index (χ3v) is 3.06. The van der Waals surface area contributed by atoms with Crippen molar-refractivity contribution in [3.8, 4) is 0 Å². The summed E-state index contributed by atoms with van der Waals surface area (Å²) in [6, 6.07) is 4.97. The van der Waals surface area contributed by atoms with E-state index in [1.54, 1.807) is 18.2 Å². The first kappa shape index (κ1) is 13.5. The topological polar surface area (TPSA) is 29.1 Å². The second-order valence-electron chi connectivity index (χ2n) is 3.65. The SMILES string of the molecule is CCC(CNC)C(=O)c1ccc(Cl)cc1Cl. The first-order valence-corrected chi connectivity index (χ1v) is 5.99. The van der Waals surface area contributed by atoms with Crippen LogP contribution in [0.1, 0.15) is 23.7 Å². The zero-order valence-corrected chi connectivity index (χ0v) is 10.9. The Kier molecular flexibility index (Phi) is 5.26. The molecule has 1 aromatic rings. The molecule has 0 aliphatic carbocycles. The molecule has 1 atom stereocenters. The van der Waals surface area contributed by atoms with E-state index in [0.717, 1.165) is 6.42 Å². The van der Waals surface area contributed by atoms with E-state index in [9.17, 15) is 4.79 Å². The maximum Gasteiger partial charge on any atom is 0.168 e. The molecule has 88 valence electrons. The normalized spacial score (nSPS) is 12.5. The molecule has 1 N–H and O–H groups in total. The molecule has 0 heterocycles. The Morgan fingerprint density at radius 1 is 1.44 bits per heavy atom. The van der Waals surface area contributed by atoms with E-state index in [2.05, 4.69) is 5.32 Å². The summed E-state index contributed by atoms with van der Waals surface area (Å²) < 4.78 is 0. The molecule has 0 bridgehead atoms. The van der Waals surface area contributed by atoms with Crippen molar-refractivity contribution in [1.82, 2.24) is 5.32 Å². The number of hydrogen-bond donors (Lipinski definition) is 1. The Bertz CT molecular complexity index is 379. The summed E-state index contributed by atoms with van der Waals surface area (Å²) in [6.07, 6.45) is 0.790. The first-order chi connectivity index (χ1) is 7.60. The van der Waals surface area contributed by atoms with Gasteiger partial charge in [-0.15, -0.1) is 0 Å². The van der Waals surface area contributed by atoms with E-state index in [1.807, 2.05) is 14.0 Å². The van der Waals surface area contributed by atoms with Gasteiger partial charge in [-0.2, -0.15) is 0 Å². The fourth-order valence-corrected chi connectivity index (χ4v) is 2.08. The zero-order valence-electron chi connectivity index (χ0n) is 9.39. The number of carbonyl (C=O) groups is 1. The van der Waals surface area contributed by atoms with Crippen LogP contribution in [-0.2, 0) is 0 Å². The van der Waals surface area contributed by atoms with E-state index < -0.39 is 0 Å². The number of Topliss-reactive ketones (excluding diaryl/α,β-unsaturated/α-hetero) is 1. The van der Waals surface area contributed by atoms with Crippen molar-refractivity contribution in [3.63, 3.8) is 0 Å². The molecule has 0 aliphatic rings. The second-order valence-corrected chi connectivity index (χ2v) is 4.49. The maximum absolute atomic E-state index is 12.1. The fraction of sp³-hybridized carbons (Fsp3) is 0.417. The van der Waals surface area contributed by atoms with Gasteiger partial charge < -0.3 is 5.32 Å². The van der Waals surface area contributed by atoms with Crippen LogP contribution in [0.4, 0.5) is 0 Å². The molecular formula is C12H15Cl2NO. The van der Waals surface area contributed by atoms with Crippen molar-refractivity contribution >= 4 is 29.0 Å². The number of nitrogens with one attached hydrogen (secondary N) is 1. The lowest BCUT2D eigenvalue weighted by atomic mass is 9.95. The minimum absolute atomic E-state index is 0.0383. The molecule has 1 rings (SSSR count). The Hall–Kier alpha value is -0.570. The van der Waals surface area contributed by atoms with Gasteiger partial charge in [0.15, 0.2) is 5.78 Å². The van der Waals surface area contributed by atoms with Crippen LogP contribution in [0.3, 0.4) is 0 Å². The van der Waals surface area contributed by atoms with Crippen molar-refractivity contribution in [2.75, 3.05) is 13.6 Å². The van der Waals surface area contributed by atoms with Gasteiger partial charge in [-0.3, -0.25) is 4.79 Å². The average molecular weight is 260 g/mol. The number of halogens is 2. The summed E-state index contributed by atoms with van der Waals surface area (Å²) in [4.78, 5) is 12.1. The van der Waals surface area contributed by atoms with Crippen LogP contribution in [0.25, 0.3) is 0 Å². The quantitative estimate of drug-likeness (QED) is 0.822. The highest BCUT2D eigenvalue weighted by atomic mass is 35.5. The molecule has 1 unspecified atom stereocenters. The van der Waals surface area contributed by atoms with Crippen molar-refractivity contribution in [1.29, 1.82) is 0 Å². The molecular weight excluding hydrogens is 245 g/mol. The summed E-state index contributed by atoms with van der Waals surface area (Å²) in [5.41, 5.74) is 0.549. The van der Waals surface area contributed by atoms with Gasteiger partial charge in [0.1, 0.15) is 0 Å². The van der Waals surface area contributed by atoms with Gasteiger partial charge in [-0.05, 0) is 31.7 Å². The van der Waals surface area contributed by atoms with Gasteiger partial charge in [0.25, 0.3) is 0 Å². The van der Waals surface area contributed by atoms with E-state index in [1.165, 1.54) is 0 Å². The lowest BCUT2D eigenvalue weighted by Crippen LogP contribution is -2.26. The van der Waals surface area contributed by atoms with Crippen LogP contribution in [0.2, 0.25) is 10.0 Å². The van der Waals surface area contributed by atoms with Gasteiger partial charge in [0.2, 0.25) is 0 Å². The molecule has 0 aromatic heterocycles. The third-order valence-electron chi connectivity index (χ3n) is 2.51. The largest absolute Gasteiger partial charge is 0.319 e. The molecule has 0 spiro atoms. The van der Waals surface area contributed by atoms with Crippen LogP contribution in [0, 0.1) is 5.92 Å². The lowest BCUT2D eigenvalue weighted by Gasteiger charge is -2.14. The summed E-state index contributed by atoms with van der Waals surface area (Å²) in [5, 5.41) is 3.98. The molecule has 0 saturated carbocycles. The Labute approximate surface area is 106 Å². The molecule has 0 amide bonds. The molecule has 0 radical (unpaired) electrons. The van der Waals surface area contributed by atoms with E-state index in [0.29, 0.717) is 22.2 Å². The molecule has 0 fully saturated rings. The minimum Gasteiger partial charge on any atom is -0.319 e. The van der Waals surface area contributed by atoms with Crippen molar-refractivity contribution in [3.05, 3.63) is 33.8 Å². The highest BCUT2D eigenvalue weighted by Crippen LogP contribution is 2.24. The lowest BCUT2D eigenvalue weighted by molar-refractivity contribution is 0.0917. The van der Waals surface area contributed by atoms with Crippen molar-refractivity contribution < 1.29 is 4.79 Å². The monoisotopic (exact) mass is 259 g/mol. The van der Waals surface area contributed by atoms with E-state index in [4.69, 9.17) is 23.2 Å². The number of hydrogen-bond acceptors (Lipinski definition) is 2. The molecule has 0 aliphatic heterocycles. The zero-order chi connectivity index (χ0) is 12.1. The Morgan fingerprint density at radius 3 is 2.62 bits per heavy atom. The standard InChI is InChI=1S/C12H15Cl2NO/c1-3-8(7-15-2)12(16)10-5-4-9(13)6-11(10)14/h4-6,8,15H,3,7H2,1-2H3. The summed E-state index contributed by atoms with van der Waals surface area (Å²) >= 11 is 11.8. The Balaban J connectivity index is 2.94. The predicted octanol–water partition coefficient (Wildman–Crippen LogP) is 3.42. The summed E-state index contributed by atoms with van der Waals surface area (Å²) in [5.74, 6) is 0.0298. The van der Waals surface area contributed by atoms with E-state index in [-0.39, 0.29) is 11.7 Å². The molecule has 2 nitrogen and oxygen atoms in total. The molecule has 4 heteroatoms. The second kappa shape index (κ2) is 6.24. The predicted molar refractivity (Wildman–Crippen MR) is 68.5 cm³/mol. The van der Waals surface area contributed by atoms with Crippen molar-refractivity contribution in [2.45, 2.75) is 13.3 Å². The van der Waals surface area contributed by atoms with Crippen LogP contribution >= 0.6 is 23.2 Å². The number of benzene rings is 1. The summed E-state index contributed by atoms with van der Waals surface area (Å²) in [7, 11) is 1.83. The van der Waals surface area contributed by atoms with Gasteiger partial charge in [-0.1, -0.05) is 30.1 Å². The van der Waals surface area contributed by atoms with Crippen LogP contribution in [0.5, 0.6) is 0 Å². The third kappa shape index (κ3) is 3.21. The van der Waals surface area contributed by atoms with E-state index >= 15 is 0 Å². The van der Waals surface area contributed by atoms with Gasteiger partial charge in [-0.25, -0.2) is 0 Å². The molecule has 16 heavy (non-hydrogen) atoms. The number of ketones is 1. The number of carbonyl (C=O) groups excluding carboxylic acids is 1. The van der Waals surface area contributed by atoms with Crippen LogP contribution in [0.15, 0.2) is 18.2 Å². The van der Waals surface area contributed by atoms with Crippen LogP contribution in [-0.4, -0.2) is 19.4 Å². The number of rotatable bonds is 5. The first-order valence-electron chi connectivity index (χ1n) is 5.24. The minimum atomic E-state index is -0.0383. The summed E-state index contributed by atoms with van der Waals surface area (Å²) in [6.45, 7) is 2.65. The highest BCUT2D eigenvalue weighted by Gasteiger charge is 2.19. The highest BCUT2D eigenvalue weighted by molar-refractivity contribution is 6.36. The smallest absolute Gasteiger partial charge is 0.168 e.